The minimum absolute atomic E-state index is 0.192. The van der Waals surface area contributed by atoms with Crippen LogP contribution in [0.5, 0.6) is 0 Å². The van der Waals surface area contributed by atoms with Crippen molar-refractivity contribution in [1.29, 1.82) is 0 Å². The van der Waals surface area contributed by atoms with Gasteiger partial charge in [-0.15, -0.1) is 0 Å². The summed E-state index contributed by atoms with van der Waals surface area (Å²) in [5.41, 5.74) is 0. The molecule has 2 rings (SSSR count). The van der Waals surface area contributed by atoms with Crippen molar-refractivity contribution >= 4 is 0 Å². The second kappa shape index (κ2) is 7.49. The molecule has 2 heterocycles. The molecule has 2 aliphatic rings. The number of methoxy groups -OCH3 is 3. The number of rotatable bonds is 5. The van der Waals surface area contributed by atoms with E-state index in [9.17, 15) is 0 Å². The first-order chi connectivity index (χ1) is 9.31. The van der Waals surface area contributed by atoms with Crippen molar-refractivity contribution in [2.75, 3.05) is 48.1 Å². The molecule has 7 nitrogen and oxygen atoms in total. The second-order valence-corrected chi connectivity index (χ2v) is 4.49. The lowest BCUT2D eigenvalue weighted by atomic mass is 9.98. The van der Waals surface area contributed by atoms with E-state index in [1.165, 1.54) is 0 Å². The summed E-state index contributed by atoms with van der Waals surface area (Å²) in [5.74, 6) is 0. The van der Waals surface area contributed by atoms with Crippen molar-refractivity contribution in [2.45, 2.75) is 30.5 Å². The fraction of sp³-hybridized carbons (Fsp3) is 1.00. The Labute approximate surface area is 113 Å². The summed E-state index contributed by atoms with van der Waals surface area (Å²) in [4.78, 5) is 0. The van der Waals surface area contributed by atoms with Crippen LogP contribution in [-0.4, -0.2) is 78.6 Å². The third-order valence-electron chi connectivity index (χ3n) is 3.51. The zero-order valence-corrected chi connectivity index (χ0v) is 11.6. The summed E-state index contributed by atoms with van der Waals surface area (Å²) < 4.78 is 38.1. The van der Waals surface area contributed by atoms with Gasteiger partial charge in [-0.05, 0) is 0 Å². The molecule has 0 aromatic heterocycles. The summed E-state index contributed by atoms with van der Waals surface area (Å²) in [6.07, 6.45) is -1.21. The first-order valence-electron chi connectivity index (χ1n) is 6.29. The van der Waals surface area contributed by atoms with E-state index in [1.807, 2.05) is 0 Å². The third kappa shape index (κ3) is 3.43. The Hall–Kier alpha value is -0.280. The molecule has 0 unspecified atom stereocenters. The van der Waals surface area contributed by atoms with Gasteiger partial charge in [0.25, 0.3) is 0 Å². The van der Waals surface area contributed by atoms with E-state index in [0.29, 0.717) is 13.2 Å². The van der Waals surface area contributed by atoms with Gasteiger partial charge in [-0.3, -0.25) is 0 Å². The molecule has 0 amide bonds. The fourth-order valence-corrected chi connectivity index (χ4v) is 2.46. The molecule has 19 heavy (non-hydrogen) atoms. The van der Waals surface area contributed by atoms with E-state index < -0.39 is 0 Å². The maximum Gasteiger partial charge on any atom is 0.147 e. The minimum atomic E-state index is -0.303. The Kier molecular flexibility index (Phi) is 5.96. The Bertz CT molecular complexity index is 238. The maximum absolute atomic E-state index is 5.63. The number of hydrogen-bond acceptors (Lipinski definition) is 7. The Balaban J connectivity index is 2.07. The van der Waals surface area contributed by atoms with Crippen molar-refractivity contribution < 1.29 is 33.2 Å². The van der Waals surface area contributed by atoms with Gasteiger partial charge in [0.15, 0.2) is 0 Å². The number of hydrogen-bond donors (Lipinski definition) is 0. The monoisotopic (exact) mass is 278 g/mol. The highest BCUT2D eigenvalue weighted by Crippen LogP contribution is 2.24. The smallest absolute Gasteiger partial charge is 0.147 e. The molecule has 2 fully saturated rings. The average Bonchev–Trinajstić information content (AvgIpc) is 2.49. The maximum atomic E-state index is 5.63. The number of ether oxygens (including phenoxy) is 7. The molecule has 0 spiro atoms. The lowest BCUT2D eigenvalue weighted by Gasteiger charge is -2.41. The minimum Gasteiger partial charge on any atom is -0.376 e. The van der Waals surface area contributed by atoms with Gasteiger partial charge in [0, 0.05) is 21.3 Å². The van der Waals surface area contributed by atoms with Gasteiger partial charge in [-0.2, -0.15) is 0 Å². The molecule has 112 valence electrons. The summed E-state index contributed by atoms with van der Waals surface area (Å²) in [6, 6.07) is 0. The Morgan fingerprint density at radius 3 is 1.68 bits per heavy atom. The molecule has 4 atom stereocenters. The lowest BCUT2D eigenvalue weighted by Crippen LogP contribution is -2.58. The van der Waals surface area contributed by atoms with Gasteiger partial charge in [0.05, 0.1) is 13.2 Å². The molecule has 0 bridgehead atoms. The van der Waals surface area contributed by atoms with Gasteiger partial charge >= 0.3 is 0 Å². The normalized spacial score (nSPS) is 36.6. The molecule has 0 radical (unpaired) electrons. The first-order valence-corrected chi connectivity index (χ1v) is 6.29. The molecule has 2 aliphatic heterocycles. The predicted octanol–water partition coefficient (Wildman–Crippen LogP) is -0.223. The second-order valence-electron chi connectivity index (χ2n) is 4.49. The van der Waals surface area contributed by atoms with Gasteiger partial charge < -0.3 is 33.2 Å². The van der Waals surface area contributed by atoms with Gasteiger partial charge in [-0.1, -0.05) is 0 Å². The molecule has 0 N–H and O–H groups in total. The van der Waals surface area contributed by atoms with Crippen LogP contribution < -0.4 is 0 Å². The van der Waals surface area contributed by atoms with E-state index in [-0.39, 0.29) is 44.1 Å². The molecular weight excluding hydrogens is 256 g/mol. The van der Waals surface area contributed by atoms with Crippen LogP contribution in [0.15, 0.2) is 0 Å². The Morgan fingerprint density at radius 1 is 0.842 bits per heavy atom. The van der Waals surface area contributed by atoms with E-state index in [2.05, 4.69) is 0 Å². The Morgan fingerprint density at radius 2 is 1.32 bits per heavy atom. The molecule has 0 aromatic carbocycles. The van der Waals surface area contributed by atoms with Crippen molar-refractivity contribution in [3.05, 3.63) is 0 Å². The van der Waals surface area contributed by atoms with Crippen LogP contribution in [0.2, 0.25) is 0 Å². The highest BCUT2D eigenvalue weighted by molar-refractivity contribution is 4.91. The van der Waals surface area contributed by atoms with Crippen LogP contribution in [0.1, 0.15) is 0 Å². The quantitative estimate of drug-likeness (QED) is 0.688. The molecule has 0 aromatic rings. The molecular formula is C12H22O7. The molecule has 0 aliphatic carbocycles. The average molecular weight is 278 g/mol. The predicted molar refractivity (Wildman–Crippen MR) is 63.8 cm³/mol. The zero-order chi connectivity index (χ0) is 13.7. The SMILES string of the molecule is COC([C@H]1OCOC[C@H]1OC)[C@H]1OCOC[C@H]1OC. The highest BCUT2D eigenvalue weighted by Gasteiger charge is 2.43. The zero-order valence-electron chi connectivity index (χ0n) is 11.6. The van der Waals surface area contributed by atoms with Crippen LogP contribution in [0.3, 0.4) is 0 Å². The summed E-state index contributed by atoms with van der Waals surface area (Å²) in [7, 11) is 4.88. The molecule has 0 saturated carbocycles. The first kappa shape index (κ1) is 15.1. The largest absolute Gasteiger partial charge is 0.376 e. The fourth-order valence-electron chi connectivity index (χ4n) is 2.46. The van der Waals surface area contributed by atoms with Crippen LogP contribution in [0.25, 0.3) is 0 Å². The summed E-state index contributed by atoms with van der Waals surface area (Å²) >= 11 is 0. The molecule has 7 heteroatoms. The molecule has 2 saturated heterocycles. The van der Waals surface area contributed by atoms with E-state index in [1.54, 1.807) is 21.3 Å². The van der Waals surface area contributed by atoms with Crippen LogP contribution >= 0.6 is 0 Å². The van der Waals surface area contributed by atoms with Crippen LogP contribution in [0, 0.1) is 0 Å². The van der Waals surface area contributed by atoms with Crippen molar-refractivity contribution in [3.8, 4) is 0 Å². The van der Waals surface area contributed by atoms with Gasteiger partial charge in [0.2, 0.25) is 0 Å². The van der Waals surface area contributed by atoms with Crippen LogP contribution in [-0.2, 0) is 33.2 Å². The lowest BCUT2D eigenvalue weighted by molar-refractivity contribution is -0.279. The van der Waals surface area contributed by atoms with Gasteiger partial charge in [0.1, 0.15) is 44.1 Å². The van der Waals surface area contributed by atoms with E-state index in [4.69, 9.17) is 33.2 Å². The standard InChI is InChI=1S/C12H22O7/c1-13-8-4-16-6-18-10(8)12(15-3)11-9(14-2)5-17-7-19-11/h8-12H,4-7H2,1-3H3/t8-,9-,10+,11+/m1/s1. The van der Waals surface area contributed by atoms with Crippen molar-refractivity contribution in [3.63, 3.8) is 0 Å². The van der Waals surface area contributed by atoms with Crippen molar-refractivity contribution in [1.82, 2.24) is 0 Å². The van der Waals surface area contributed by atoms with Gasteiger partial charge in [-0.25, -0.2) is 0 Å². The van der Waals surface area contributed by atoms with Crippen molar-refractivity contribution in [2.24, 2.45) is 0 Å². The summed E-state index contributed by atoms with van der Waals surface area (Å²) in [5, 5.41) is 0. The summed E-state index contributed by atoms with van der Waals surface area (Å²) in [6.45, 7) is 1.40. The van der Waals surface area contributed by atoms with Crippen LogP contribution in [0.4, 0.5) is 0 Å². The van der Waals surface area contributed by atoms with E-state index >= 15 is 0 Å². The third-order valence-corrected chi connectivity index (χ3v) is 3.51. The van der Waals surface area contributed by atoms with E-state index in [0.717, 1.165) is 0 Å². The topological polar surface area (TPSA) is 64.6 Å². The highest BCUT2D eigenvalue weighted by atomic mass is 16.7.